The molecule has 1 fully saturated rings. The van der Waals surface area contributed by atoms with Gasteiger partial charge in [0.25, 0.3) is 0 Å². The summed E-state index contributed by atoms with van der Waals surface area (Å²) in [6.45, 7) is -0.0392. The van der Waals surface area contributed by atoms with Crippen LogP contribution in [0.15, 0.2) is 18.2 Å². The highest BCUT2D eigenvalue weighted by molar-refractivity contribution is 5.43. The van der Waals surface area contributed by atoms with Gasteiger partial charge >= 0.3 is 6.18 Å². The molecule has 0 aromatic heterocycles. The first-order valence-electron chi connectivity index (χ1n) is 6.47. The van der Waals surface area contributed by atoms with Crippen LogP contribution in [0.3, 0.4) is 0 Å². The fourth-order valence-corrected chi connectivity index (χ4v) is 2.49. The summed E-state index contributed by atoms with van der Waals surface area (Å²) in [6, 6.07) is 5.36. The highest BCUT2D eigenvalue weighted by atomic mass is 19.4. The van der Waals surface area contributed by atoms with Gasteiger partial charge in [0.05, 0.1) is 20.1 Å². The minimum absolute atomic E-state index is 0.0392. The zero-order chi connectivity index (χ0) is 14.8. The molecule has 1 saturated heterocycles. The van der Waals surface area contributed by atoms with Gasteiger partial charge in [-0.05, 0) is 30.5 Å². The van der Waals surface area contributed by atoms with Crippen LogP contribution >= 0.6 is 0 Å². The Kier molecular flexibility index (Phi) is 4.42. The summed E-state index contributed by atoms with van der Waals surface area (Å²) < 4.78 is 48.2. The minimum atomic E-state index is -4.12. The molecule has 0 spiro atoms. The quantitative estimate of drug-likeness (QED) is 0.926. The molecule has 0 saturated carbocycles. The maximum atomic E-state index is 12.6. The summed E-state index contributed by atoms with van der Waals surface area (Å²) >= 11 is 0. The van der Waals surface area contributed by atoms with E-state index in [4.69, 9.17) is 9.47 Å². The maximum absolute atomic E-state index is 12.6. The van der Waals surface area contributed by atoms with E-state index in [0.29, 0.717) is 17.9 Å². The monoisotopic (exact) mass is 289 g/mol. The Labute approximate surface area is 116 Å². The number of hydrogen-bond acceptors (Lipinski definition) is 3. The van der Waals surface area contributed by atoms with Gasteiger partial charge in [-0.3, -0.25) is 0 Å². The molecule has 1 aromatic carbocycles. The summed E-state index contributed by atoms with van der Waals surface area (Å²) in [7, 11) is 3.08. The average molecular weight is 289 g/mol. The second kappa shape index (κ2) is 5.91. The number of rotatable bonds is 3. The van der Waals surface area contributed by atoms with Gasteiger partial charge in [-0.2, -0.15) is 13.2 Å². The molecule has 3 nitrogen and oxygen atoms in total. The molecule has 2 rings (SSSR count). The molecule has 1 aromatic rings. The molecule has 0 amide bonds. The van der Waals surface area contributed by atoms with Crippen molar-refractivity contribution in [1.82, 2.24) is 5.32 Å². The van der Waals surface area contributed by atoms with Crippen molar-refractivity contribution in [2.45, 2.75) is 25.1 Å². The molecule has 1 aliphatic rings. The van der Waals surface area contributed by atoms with Crippen LogP contribution in [-0.4, -0.2) is 26.9 Å². The van der Waals surface area contributed by atoms with E-state index < -0.39 is 12.1 Å². The third-order valence-corrected chi connectivity index (χ3v) is 3.69. The molecular formula is C14H18F3NO2. The van der Waals surface area contributed by atoms with Crippen LogP contribution in [-0.2, 0) is 0 Å². The number of methoxy groups -OCH3 is 2. The lowest BCUT2D eigenvalue weighted by molar-refractivity contribution is -0.179. The maximum Gasteiger partial charge on any atom is 0.393 e. The van der Waals surface area contributed by atoms with Gasteiger partial charge in [0, 0.05) is 12.6 Å². The number of ether oxygens (including phenoxy) is 2. The van der Waals surface area contributed by atoms with Crippen molar-refractivity contribution in [3.63, 3.8) is 0 Å². The first kappa shape index (κ1) is 15.0. The lowest BCUT2D eigenvalue weighted by atomic mass is 9.90. The smallest absolute Gasteiger partial charge is 0.393 e. The second-order valence-corrected chi connectivity index (χ2v) is 4.89. The molecule has 2 unspecified atom stereocenters. The van der Waals surface area contributed by atoms with E-state index in [9.17, 15) is 13.2 Å². The number of halogens is 3. The predicted octanol–water partition coefficient (Wildman–Crippen LogP) is 3.31. The molecule has 0 bridgehead atoms. The van der Waals surface area contributed by atoms with Crippen LogP contribution in [0.25, 0.3) is 0 Å². The summed E-state index contributed by atoms with van der Waals surface area (Å²) in [4.78, 5) is 0. The molecule has 1 N–H and O–H groups in total. The van der Waals surface area contributed by atoms with E-state index in [1.165, 1.54) is 7.11 Å². The van der Waals surface area contributed by atoms with E-state index >= 15 is 0 Å². The Hall–Kier alpha value is -1.43. The Bertz CT molecular complexity index is 454. The molecule has 0 radical (unpaired) electrons. The van der Waals surface area contributed by atoms with Gasteiger partial charge in [-0.25, -0.2) is 0 Å². The number of hydrogen-bond donors (Lipinski definition) is 1. The average Bonchev–Trinajstić information content (AvgIpc) is 2.45. The third-order valence-electron chi connectivity index (χ3n) is 3.69. The lowest BCUT2D eigenvalue weighted by Gasteiger charge is -2.31. The van der Waals surface area contributed by atoms with Crippen molar-refractivity contribution in [2.75, 3.05) is 20.8 Å². The van der Waals surface area contributed by atoms with Gasteiger partial charge in [0.2, 0.25) is 0 Å². The Morgan fingerprint density at radius 3 is 2.30 bits per heavy atom. The van der Waals surface area contributed by atoms with Gasteiger partial charge in [-0.1, -0.05) is 6.07 Å². The van der Waals surface area contributed by atoms with Crippen molar-refractivity contribution in [3.05, 3.63) is 23.8 Å². The molecule has 2 atom stereocenters. The van der Waals surface area contributed by atoms with Crippen molar-refractivity contribution in [2.24, 2.45) is 5.92 Å². The van der Waals surface area contributed by atoms with Crippen molar-refractivity contribution >= 4 is 0 Å². The highest BCUT2D eigenvalue weighted by Gasteiger charge is 2.41. The van der Waals surface area contributed by atoms with Gasteiger partial charge in [-0.15, -0.1) is 0 Å². The fraction of sp³-hybridized carbons (Fsp3) is 0.571. The van der Waals surface area contributed by atoms with E-state index in [2.05, 4.69) is 5.32 Å². The standard InChI is InChI=1S/C14H18F3NO2/c1-19-12-6-3-9(7-13(12)20-2)11-5-4-10(8-18-11)14(15,16)17/h3,6-7,10-11,18H,4-5,8H2,1-2H3. The molecule has 1 aliphatic heterocycles. The van der Waals surface area contributed by atoms with Crippen molar-refractivity contribution in [1.29, 1.82) is 0 Å². The van der Waals surface area contributed by atoms with Gasteiger partial charge in [0.15, 0.2) is 11.5 Å². The van der Waals surface area contributed by atoms with Crippen LogP contribution in [0.1, 0.15) is 24.4 Å². The largest absolute Gasteiger partial charge is 0.493 e. The molecule has 20 heavy (non-hydrogen) atoms. The van der Waals surface area contributed by atoms with E-state index in [1.54, 1.807) is 13.2 Å². The number of piperidine rings is 1. The molecule has 112 valence electrons. The van der Waals surface area contributed by atoms with Crippen LogP contribution < -0.4 is 14.8 Å². The lowest BCUT2D eigenvalue weighted by Crippen LogP contribution is -2.40. The fourth-order valence-electron chi connectivity index (χ4n) is 2.49. The first-order chi connectivity index (χ1) is 9.45. The normalized spacial score (nSPS) is 23.4. The topological polar surface area (TPSA) is 30.5 Å². The molecule has 1 heterocycles. The summed E-state index contributed by atoms with van der Waals surface area (Å²) in [5.41, 5.74) is 0.920. The first-order valence-corrected chi connectivity index (χ1v) is 6.47. The van der Waals surface area contributed by atoms with Crippen molar-refractivity contribution < 1.29 is 22.6 Å². The predicted molar refractivity (Wildman–Crippen MR) is 69.1 cm³/mol. The number of nitrogens with one attached hydrogen (secondary N) is 1. The zero-order valence-electron chi connectivity index (χ0n) is 11.5. The van der Waals surface area contributed by atoms with E-state index in [0.717, 1.165) is 5.56 Å². The number of alkyl halides is 3. The van der Waals surface area contributed by atoms with Gasteiger partial charge in [0.1, 0.15) is 0 Å². The minimum Gasteiger partial charge on any atom is -0.493 e. The summed E-state index contributed by atoms with van der Waals surface area (Å²) in [5.74, 6) is -0.0520. The van der Waals surface area contributed by atoms with Crippen LogP contribution in [0.2, 0.25) is 0 Å². The van der Waals surface area contributed by atoms with Crippen molar-refractivity contribution in [3.8, 4) is 11.5 Å². The van der Waals surface area contributed by atoms with Gasteiger partial charge < -0.3 is 14.8 Å². The molecular weight excluding hydrogens is 271 g/mol. The molecule has 0 aliphatic carbocycles. The van der Waals surface area contributed by atoms with Crippen LogP contribution in [0, 0.1) is 5.92 Å². The Balaban J connectivity index is 2.07. The Morgan fingerprint density at radius 1 is 1.10 bits per heavy atom. The van der Waals surface area contributed by atoms with Crippen LogP contribution in [0.5, 0.6) is 11.5 Å². The van der Waals surface area contributed by atoms with E-state index in [1.807, 2.05) is 12.1 Å². The zero-order valence-corrected chi connectivity index (χ0v) is 11.5. The Morgan fingerprint density at radius 2 is 1.80 bits per heavy atom. The molecule has 6 heteroatoms. The van der Waals surface area contributed by atoms with Crippen LogP contribution in [0.4, 0.5) is 13.2 Å². The third kappa shape index (κ3) is 3.17. The summed E-state index contributed by atoms with van der Waals surface area (Å²) in [6.07, 6.45) is -3.51. The SMILES string of the molecule is COc1ccc(C2CCC(C(F)(F)F)CN2)cc1OC. The summed E-state index contributed by atoms with van der Waals surface area (Å²) in [5, 5.41) is 2.96. The highest BCUT2D eigenvalue weighted by Crippen LogP contribution is 2.37. The number of benzene rings is 1. The van der Waals surface area contributed by atoms with E-state index in [-0.39, 0.29) is 19.0 Å². The second-order valence-electron chi connectivity index (χ2n) is 4.89.